The fourth-order valence-electron chi connectivity index (χ4n) is 2.40. The third-order valence-corrected chi connectivity index (χ3v) is 4.42. The minimum Gasteiger partial charge on any atom is -0.478 e. The Morgan fingerprint density at radius 1 is 0.900 bits per heavy atom. The number of benzene rings is 3. The maximum Gasteiger partial charge on any atom is 0.343 e. The molecule has 30 heavy (non-hydrogen) atoms. The van der Waals surface area contributed by atoms with E-state index in [0.717, 1.165) is 4.47 Å². The predicted molar refractivity (Wildman–Crippen MR) is 114 cm³/mol. The van der Waals surface area contributed by atoms with Gasteiger partial charge in [0.25, 0.3) is 5.91 Å². The molecule has 150 valence electrons. The zero-order valence-corrected chi connectivity index (χ0v) is 17.0. The summed E-state index contributed by atoms with van der Waals surface area (Å²) in [4.78, 5) is 35.0. The molecule has 0 aliphatic carbocycles. The van der Waals surface area contributed by atoms with E-state index in [9.17, 15) is 14.4 Å². The molecule has 0 atom stereocenters. The molecule has 3 rings (SSSR count). The lowest BCUT2D eigenvalue weighted by molar-refractivity contribution is 0.0694. The van der Waals surface area contributed by atoms with Crippen molar-refractivity contribution in [2.75, 3.05) is 0 Å². The number of rotatable bonds is 6. The number of nitrogens with one attached hydrogen (secondary N) is 1. The third kappa shape index (κ3) is 5.62. The number of carbonyl (C=O) groups is 3. The molecule has 0 saturated heterocycles. The van der Waals surface area contributed by atoms with Crippen molar-refractivity contribution in [1.82, 2.24) is 5.43 Å². The van der Waals surface area contributed by atoms with Gasteiger partial charge in [-0.1, -0.05) is 22.0 Å². The first-order valence-electron chi connectivity index (χ1n) is 8.67. The quantitative estimate of drug-likeness (QED) is 0.246. The zero-order valence-electron chi connectivity index (χ0n) is 15.4. The van der Waals surface area contributed by atoms with Crippen LogP contribution >= 0.6 is 15.9 Å². The molecule has 3 aromatic rings. The molecule has 0 aliphatic rings. The fourth-order valence-corrected chi connectivity index (χ4v) is 2.80. The van der Waals surface area contributed by atoms with Crippen LogP contribution in [0, 0.1) is 0 Å². The van der Waals surface area contributed by atoms with Crippen LogP contribution in [0.15, 0.2) is 82.4 Å². The molecule has 8 heteroatoms. The van der Waals surface area contributed by atoms with E-state index in [4.69, 9.17) is 9.84 Å². The monoisotopic (exact) mass is 466 g/mol. The summed E-state index contributed by atoms with van der Waals surface area (Å²) in [6.07, 6.45) is 1.43. The van der Waals surface area contributed by atoms with Crippen LogP contribution in [0.4, 0.5) is 0 Å². The maximum atomic E-state index is 12.1. The minimum absolute atomic E-state index is 0.0933. The van der Waals surface area contributed by atoms with Crippen molar-refractivity contribution in [2.24, 2.45) is 5.10 Å². The van der Waals surface area contributed by atoms with Gasteiger partial charge < -0.3 is 9.84 Å². The summed E-state index contributed by atoms with van der Waals surface area (Å²) in [5.41, 5.74) is 3.85. The molecule has 2 N–H and O–H groups in total. The van der Waals surface area contributed by atoms with E-state index >= 15 is 0 Å². The predicted octanol–water partition coefficient (Wildman–Crippen LogP) is 4.13. The number of carboxylic acid groups (broad SMARTS) is 1. The first-order valence-corrected chi connectivity index (χ1v) is 9.46. The van der Waals surface area contributed by atoms with Gasteiger partial charge in [0.1, 0.15) is 5.75 Å². The number of halogens is 1. The number of carbonyl (C=O) groups excluding carboxylic acids is 2. The summed E-state index contributed by atoms with van der Waals surface area (Å²) in [5, 5.41) is 12.7. The normalized spacial score (nSPS) is 10.6. The molecule has 7 nitrogen and oxygen atoms in total. The average molecular weight is 467 g/mol. The topological polar surface area (TPSA) is 105 Å². The maximum absolute atomic E-state index is 12.1. The molecular formula is C22H15BrN2O5. The van der Waals surface area contributed by atoms with Gasteiger partial charge in [-0.2, -0.15) is 5.10 Å². The Hall–Kier alpha value is -3.78. The average Bonchev–Trinajstić information content (AvgIpc) is 2.75. The smallest absolute Gasteiger partial charge is 0.343 e. The van der Waals surface area contributed by atoms with Crippen LogP contribution in [0.3, 0.4) is 0 Å². The first-order chi connectivity index (χ1) is 14.4. The molecule has 0 spiro atoms. The van der Waals surface area contributed by atoms with Crippen molar-refractivity contribution in [1.29, 1.82) is 0 Å². The van der Waals surface area contributed by atoms with E-state index in [1.165, 1.54) is 30.5 Å². The molecule has 0 aliphatic heterocycles. The Kier molecular flexibility index (Phi) is 6.71. The number of aromatic carboxylic acids is 1. The van der Waals surface area contributed by atoms with Crippen molar-refractivity contribution < 1.29 is 24.2 Å². The molecule has 0 saturated carbocycles. The number of hydrogen-bond donors (Lipinski definition) is 2. The second kappa shape index (κ2) is 9.62. The molecule has 0 heterocycles. The number of ether oxygens (including phenoxy) is 1. The second-order valence-corrected chi connectivity index (χ2v) is 6.97. The van der Waals surface area contributed by atoms with E-state index in [2.05, 4.69) is 26.5 Å². The van der Waals surface area contributed by atoms with Crippen LogP contribution in [-0.4, -0.2) is 29.2 Å². The van der Waals surface area contributed by atoms with Crippen LogP contribution in [0.2, 0.25) is 0 Å². The van der Waals surface area contributed by atoms with Gasteiger partial charge in [-0.05, 0) is 72.3 Å². The van der Waals surface area contributed by atoms with Crippen molar-refractivity contribution in [2.45, 2.75) is 0 Å². The highest BCUT2D eigenvalue weighted by Crippen LogP contribution is 2.16. The van der Waals surface area contributed by atoms with Gasteiger partial charge in [0, 0.05) is 10.0 Å². The molecule has 1 amide bonds. The van der Waals surface area contributed by atoms with Gasteiger partial charge in [0.2, 0.25) is 0 Å². The van der Waals surface area contributed by atoms with Gasteiger partial charge in [0.05, 0.1) is 17.3 Å². The van der Waals surface area contributed by atoms with E-state index in [1.807, 2.05) is 6.07 Å². The van der Waals surface area contributed by atoms with Crippen molar-refractivity contribution in [3.05, 3.63) is 99.5 Å². The minimum atomic E-state index is -1.06. The number of esters is 1. The number of nitrogens with zero attached hydrogens (tertiary/aromatic N) is 1. The van der Waals surface area contributed by atoms with Crippen LogP contribution in [0.25, 0.3) is 0 Å². The van der Waals surface area contributed by atoms with E-state index in [-0.39, 0.29) is 11.1 Å². The van der Waals surface area contributed by atoms with Crippen LogP contribution in [-0.2, 0) is 0 Å². The van der Waals surface area contributed by atoms with Crippen molar-refractivity contribution in [3.63, 3.8) is 0 Å². The van der Waals surface area contributed by atoms with E-state index in [0.29, 0.717) is 16.9 Å². The van der Waals surface area contributed by atoms with Crippen LogP contribution < -0.4 is 10.2 Å². The van der Waals surface area contributed by atoms with Crippen LogP contribution in [0.1, 0.15) is 36.6 Å². The molecule has 0 fully saturated rings. The second-order valence-electron chi connectivity index (χ2n) is 6.05. The lowest BCUT2D eigenvalue weighted by atomic mass is 10.1. The number of amides is 1. The molecule has 0 unspecified atom stereocenters. The SMILES string of the molecule is O=C(O)c1ccc(C(=O)N/N=C/c2ccc(OC(=O)c3cccc(Br)c3)cc2)cc1. The van der Waals surface area contributed by atoms with E-state index < -0.39 is 17.8 Å². The summed E-state index contributed by atoms with van der Waals surface area (Å²) < 4.78 is 6.10. The Bertz CT molecular complexity index is 1110. The Balaban J connectivity index is 1.56. The van der Waals surface area contributed by atoms with Gasteiger partial charge in [-0.25, -0.2) is 15.0 Å². The highest BCUT2D eigenvalue weighted by molar-refractivity contribution is 9.10. The Labute approximate surface area is 180 Å². The van der Waals surface area contributed by atoms with Gasteiger partial charge in [0.15, 0.2) is 0 Å². The summed E-state index contributed by atoms with van der Waals surface area (Å²) in [7, 11) is 0. The van der Waals surface area contributed by atoms with E-state index in [1.54, 1.807) is 42.5 Å². The van der Waals surface area contributed by atoms with Gasteiger partial charge >= 0.3 is 11.9 Å². The highest BCUT2D eigenvalue weighted by Gasteiger charge is 2.09. The van der Waals surface area contributed by atoms with Crippen molar-refractivity contribution >= 4 is 40.0 Å². The third-order valence-electron chi connectivity index (χ3n) is 3.92. The molecule has 0 radical (unpaired) electrons. The number of carboxylic acids is 1. The lowest BCUT2D eigenvalue weighted by Gasteiger charge is -2.05. The molecular weight excluding hydrogens is 452 g/mol. The molecule has 0 aromatic heterocycles. The zero-order chi connectivity index (χ0) is 21.5. The Morgan fingerprint density at radius 2 is 1.57 bits per heavy atom. The van der Waals surface area contributed by atoms with Crippen molar-refractivity contribution in [3.8, 4) is 5.75 Å². The summed E-state index contributed by atoms with van der Waals surface area (Å²) in [6, 6.07) is 19.0. The first kappa shape index (κ1) is 20.9. The standard InChI is InChI=1S/C22H15BrN2O5/c23-18-3-1-2-17(12-18)22(29)30-19-10-4-14(5-11-19)13-24-25-20(26)15-6-8-16(9-7-15)21(27)28/h1-13H,(H,25,26)(H,27,28)/b24-13+. The molecule has 3 aromatic carbocycles. The lowest BCUT2D eigenvalue weighted by Crippen LogP contribution is -2.17. The van der Waals surface area contributed by atoms with Crippen LogP contribution in [0.5, 0.6) is 5.75 Å². The number of hydrogen-bond acceptors (Lipinski definition) is 5. The number of hydrazone groups is 1. The summed E-state index contributed by atoms with van der Waals surface area (Å²) in [6.45, 7) is 0. The summed E-state index contributed by atoms with van der Waals surface area (Å²) in [5.74, 6) is -1.63. The van der Waals surface area contributed by atoms with Gasteiger partial charge in [-0.3, -0.25) is 4.79 Å². The highest BCUT2D eigenvalue weighted by atomic mass is 79.9. The summed E-state index contributed by atoms with van der Waals surface area (Å²) >= 11 is 3.31. The molecule has 0 bridgehead atoms. The fraction of sp³-hybridized carbons (Fsp3) is 0. The van der Waals surface area contributed by atoms with Gasteiger partial charge in [-0.15, -0.1) is 0 Å². The largest absolute Gasteiger partial charge is 0.478 e. The Morgan fingerprint density at radius 3 is 2.20 bits per heavy atom.